The number of hydrogen-bond donors (Lipinski definition) is 1. The van der Waals surface area contributed by atoms with E-state index in [1.54, 1.807) is 0 Å². The molecule has 1 unspecified atom stereocenters. The summed E-state index contributed by atoms with van der Waals surface area (Å²) in [4.78, 5) is 16.8. The van der Waals surface area contributed by atoms with Gasteiger partial charge in [0.2, 0.25) is 5.91 Å². The fourth-order valence-corrected chi connectivity index (χ4v) is 3.70. The van der Waals surface area contributed by atoms with Crippen molar-refractivity contribution in [3.05, 3.63) is 29.3 Å². The van der Waals surface area contributed by atoms with Gasteiger partial charge in [0.15, 0.2) is 0 Å². The van der Waals surface area contributed by atoms with Crippen molar-refractivity contribution in [2.75, 3.05) is 50.8 Å². The average molecular weight is 345 g/mol. The lowest BCUT2D eigenvalue weighted by Gasteiger charge is -2.37. The van der Waals surface area contributed by atoms with Crippen LogP contribution in [0.5, 0.6) is 0 Å². The topological polar surface area (TPSA) is 44.8 Å². The number of nitrogens with zero attached hydrogens (tertiary/aromatic N) is 2. The number of ether oxygens (including phenoxy) is 1. The molecule has 1 amide bonds. The first-order valence-corrected chi connectivity index (χ1v) is 9.56. The largest absolute Gasteiger partial charge is 0.377 e. The van der Waals surface area contributed by atoms with Gasteiger partial charge in [-0.05, 0) is 43.9 Å². The Bertz CT molecular complexity index is 576. The normalized spacial score (nSPS) is 21.0. The number of rotatable bonds is 6. The number of benzene rings is 1. The number of anilines is 1. The van der Waals surface area contributed by atoms with E-state index < -0.39 is 0 Å². The van der Waals surface area contributed by atoms with Crippen molar-refractivity contribution in [1.82, 2.24) is 10.2 Å². The molecule has 3 rings (SSSR count). The van der Waals surface area contributed by atoms with Crippen molar-refractivity contribution in [2.45, 2.75) is 39.2 Å². The first-order valence-electron chi connectivity index (χ1n) is 9.56. The van der Waals surface area contributed by atoms with Crippen LogP contribution in [0, 0.1) is 13.8 Å². The smallest absolute Gasteiger partial charge is 0.223 e. The Morgan fingerprint density at radius 3 is 2.76 bits per heavy atom. The van der Waals surface area contributed by atoms with Crippen molar-refractivity contribution in [1.29, 1.82) is 0 Å². The lowest BCUT2D eigenvalue weighted by molar-refractivity contribution is -0.131. The van der Waals surface area contributed by atoms with Crippen LogP contribution in [-0.2, 0) is 9.53 Å². The fraction of sp³-hybridized carbons (Fsp3) is 0.650. The van der Waals surface area contributed by atoms with Crippen LogP contribution in [0.3, 0.4) is 0 Å². The Kier molecular flexibility index (Phi) is 6.32. The van der Waals surface area contributed by atoms with Gasteiger partial charge in [-0.2, -0.15) is 0 Å². The quantitative estimate of drug-likeness (QED) is 0.802. The maximum Gasteiger partial charge on any atom is 0.223 e. The number of carbonyl (C=O) groups is 1. The third-order valence-corrected chi connectivity index (χ3v) is 5.46. The fourth-order valence-electron chi connectivity index (χ4n) is 3.70. The molecule has 138 valence electrons. The molecule has 1 N–H and O–H groups in total. The van der Waals surface area contributed by atoms with Gasteiger partial charge in [-0.1, -0.05) is 12.1 Å². The van der Waals surface area contributed by atoms with Crippen LogP contribution in [-0.4, -0.2) is 62.8 Å². The number of amides is 1. The summed E-state index contributed by atoms with van der Waals surface area (Å²) in [5, 5.41) is 3.36. The van der Waals surface area contributed by atoms with Gasteiger partial charge >= 0.3 is 0 Å². The standard InChI is InChI=1S/C20H31N3O2/c1-16-5-3-7-19(17(16)2)22-10-12-23(13-11-22)20(24)8-9-21-15-18-6-4-14-25-18/h3,5,7,18,21H,4,6,8-15H2,1-2H3. The Morgan fingerprint density at radius 2 is 2.04 bits per heavy atom. The molecule has 0 aromatic heterocycles. The van der Waals surface area contributed by atoms with E-state index in [0.29, 0.717) is 12.5 Å². The zero-order chi connectivity index (χ0) is 17.6. The maximum atomic E-state index is 12.4. The minimum absolute atomic E-state index is 0.264. The summed E-state index contributed by atoms with van der Waals surface area (Å²) in [5.41, 5.74) is 3.99. The molecule has 1 aromatic carbocycles. The van der Waals surface area contributed by atoms with E-state index in [4.69, 9.17) is 4.74 Å². The molecular weight excluding hydrogens is 314 g/mol. The van der Waals surface area contributed by atoms with Gasteiger partial charge in [0.05, 0.1) is 6.10 Å². The molecule has 0 radical (unpaired) electrons. The van der Waals surface area contributed by atoms with Crippen molar-refractivity contribution in [2.24, 2.45) is 0 Å². The first kappa shape index (κ1) is 18.2. The SMILES string of the molecule is Cc1cccc(N2CCN(C(=O)CCNCC3CCCO3)CC2)c1C. The van der Waals surface area contributed by atoms with Crippen LogP contribution in [0.15, 0.2) is 18.2 Å². The lowest BCUT2D eigenvalue weighted by Crippen LogP contribution is -2.49. The molecule has 1 atom stereocenters. The number of hydrogen-bond acceptors (Lipinski definition) is 4. The van der Waals surface area contributed by atoms with Crippen LogP contribution in [0.1, 0.15) is 30.4 Å². The molecule has 2 saturated heterocycles. The Hall–Kier alpha value is -1.59. The molecule has 1 aromatic rings. The van der Waals surface area contributed by atoms with E-state index in [1.807, 2.05) is 4.90 Å². The summed E-state index contributed by atoms with van der Waals surface area (Å²) in [6, 6.07) is 6.46. The molecule has 5 heteroatoms. The van der Waals surface area contributed by atoms with Crippen LogP contribution < -0.4 is 10.2 Å². The number of nitrogens with one attached hydrogen (secondary N) is 1. The molecule has 0 spiro atoms. The van der Waals surface area contributed by atoms with E-state index in [0.717, 1.165) is 58.7 Å². The molecule has 2 fully saturated rings. The number of piperazine rings is 1. The van der Waals surface area contributed by atoms with Crippen molar-refractivity contribution in [3.63, 3.8) is 0 Å². The predicted octanol–water partition coefficient (Wildman–Crippen LogP) is 2.11. The average Bonchev–Trinajstić information content (AvgIpc) is 3.14. The van der Waals surface area contributed by atoms with Crippen molar-refractivity contribution in [3.8, 4) is 0 Å². The highest BCUT2D eigenvalue weighted by Crippen LogP contribution is 2.23. The van der Waals surface area contributed by atoms with Crippen LogP contribution in [0.2, 0.25) is 0 Å². The summed E-state index contributed by atoms with van der Waals surface area (Å²) < 4.78 is 5.58. The summed E-state index contributed by atoms with van der Waals surface area (Å²) in [5.74, 6) is 0.264. The summed E-state index contributed by atoms with van der Waals surface area (Å²) in [7, 11) is 0. The van der Waals surface area contributed by atoms with E-state index in [1.165, 1.54) is 16.8 Å². The van der Waals surface area contributed by atoms with E-state index >= 15 is 0 Å². The van der Waals surface area contributed by atoms with E-state index in [-0.39, 0.29) is 5.91 Å². The van der Waals surface area contributed by atoms with Crippen molar-refractivity contribution >= 4 is 11.6 Å². The zero-order valence-electron chi connectivity index (χ0n) is 15.6. The molecule has 2 aliphatic rings. The minimum atomic E-state index is 0.264. The van der Waals surface area contributed by atoms with Gasteiger partial charge in [0, 0.05) is 58.0 Å². The van der Waals surface area contributed by atoms with Gasteiger partial charge in [-0.3, -0.25) is 4.79 Å². The highest BCUT2D eigenvalue weighted by atomic mass is 16.5. The van der Waals surface area contributed by atoms with E-state index in [9.17, 15) is 4.79 Å². The second-order valence-electron chi connectivity index (χ2n) is 7.18. The molecular formula is C20H31N3O2. The molecule has 0 saturated carbocycles. The molecule has 2 heterocycles. The monoisotopic (exact) mass is 345 g/mol. The minimum Gasteiger partial charge on any atom is -0.377 e. The van der Waals surface area contributed by atoms with Crippen molar-refractivity contribution < 1.29 is 9.53 Å². The zero-order valence-corrected chi connectivity index (χ0v) is 15.6. The Labute approximate surface area is 151 Å². The first-order chi connectivity index (χ1) is 12.1. The van der Waals surface area contributed by atoms with E-state index in [2.05, 4.69) is 42.3 Å². The number of carbonyl (C=O) groups excluding carboxylic acids is 1. The van der Waals surface area contributed by atoms with Gasteiger partial charge in [0.1, 0.15) is 0 Å². The van der Waals surface area contributed by atoms with Gasteiger partial charge < -0.3 is 19.9 Å². The summed E-state index contributed by atoms with van der Waals surface area (Å²) in [6.07, 6.45) is 3.23. The lowest BCUT2D eigenvalue weighted by atomic mass is 10.1. The number of aryl methyl sites for hydroxylation is 1. The molecule has 5 nitrogen and oxygen atoms in total. The third kappa shape index (κ3) is 4.73. The highest BCUT2D eigenvalue weighted by Gasteiger charge is 2.22. The molecule has 0 aliphatic carbocycles. The summed E-state index contributed by atoms with van der Waals surface area (Å²) in [6.45, 7) is 10.3. The Balaban J connectivity index is 1.39. The second kappa shape index (κ2) is 8.68. The van der Waals surface area contributed by atoms with Crippen LogP contribution in [0.25, 0.3) is 0 Å². The molecule has 2 aliphatic heterocycles. The summed E-state index contributed by atoms with van der Waals surface area (Å²) >= 11 is 0. The highest BCUT2D eigenvalue weighted by molar-refractivity contribution is 5.76. The van der Waals surface area contributed by atoms with Crippen LogP contribution in [0.4, 0.5) is 5.69 Å². The second-order valence-corrected chi connectivity index (χ2v) is 7.18. The predicted molar refractivity (Wildman–Crippen MR) is 101 cm³/mol. The van der Waals surface area contributed by atoms with Gasteiger partial charge in [0.25, 0.3) is 0 Å². The third-order valence-electron chi connectivity index (χ3n) is 5.46. The Morgan fingerprint density at radius 1 is 1.24 bits per heavy atom. The molecule has 0 bridgehead atoms. The van der Waals surface area contributed by atoms with Gasteiger partial charge in [-0.15, -0.1) is 0 Å². The van der Waals surface area contributed by atoms with Gasteiger partial charge in [-0.25, -0.2) is 0 Å². The maximum absolute atomic E-state index is 12.4. The van der Waals surface area contributed by atoms with Crippen LogP contribution >= 0.6 is 0 Å². The molecule has 25 heavy (non-hydrogen) atoms.